The molecular weight excluding hydrogens is 218 g/mol. The third kappa shape index (κ3) is 2.86. The number of alkyl halides is 2. The largest absolute Gasteiger partial charge is 0.448 e. The van der Waals surface area contributed by atoms with Crippen LogP contribution in [0.15, 0.2) is 24.3 Å². The van der Waals surface area contributed by atoms with Gasteiger partial charge in [-0.25, -0.2) is 4.39 Å². The topological polar surface area (TPSA) is 26.3 Å². The number of hydrogen-bond donors (Lipinski definition) is 0. The normalized spacial score (nSPS) is 11.0. The van der Waals surface area contributed by atoms with Crippen LogP contribution in [0.4, 0.5) is 4.39 Å². The van der Waals surface area contributed by atoms with Crippen molar-refractivity contribution in [3.63, 3.8) is 0 Å². The van der Waals surface area contributed by atoms with E-state index in [9.17, 15) is 9.18 Å². The summed E-state index contributed by atoms with van der Waals surface area (Å²) in [6.45, 7) is 0. The van der Waals surface area contributed by atoms with Crippen LogP contribution >= 0.6 is 23.2 Å². The van der Waals surface area contributed by atoms with Crippen molar-refractivity contribution in [3.05, 3.63) is 30.1 Å². The summed E-state index contributed by atoms with van der Waals surface area (Å²) in [6, 6.07) is 5.44. The van der Waals surface area contributed by atoms with Crippen LogP contribution in [0.1, 0.15) is 0 Å². The van der Waals surface area contributed by atoms with Crippen LogP contribution in [0.25, 0.3) is 0 Å². The third-order valence-electron chi connectivity index (χ3n) is 1.19. The van der Waals surface area contributed by atoms with Crippen LogP contribution in [0.3, 0.4) is 0 Å². The van der Waals surface area contributed by atoms with E-state index in [0.717, 1.165) is 6.07 Å². The van der Waals surface area contributed by atoms with Gasteiger partial charge in [-0.3, -0.25) is 4.79 Å². The molecule has 5 heteroatoms. The van der Waals surface area contributed by atoms with Crippen molar-refractivity contribution in [2.45, 2.75) is 4.52 Å². The molecule has 1 rings (SSSR count). The van der Waals surface area contributed by atoms with E-state index in [0.29, 0.717) is 0 Å². The lowest BCUT2D eigenvalue weighted by Crippen LogP contribution is -2.23. The highest BCUT2D eigenvalue weighted by Crippen LogP contribution is 2.26. The van der Waals surface area contributed by atoms with Gasteiger partial charge in [0.2, 0.25) is 0 Å². The maximum atomic E-state index is 12.9. The number of halogens is 3. The van der Waals surface area contributed by atoms with E-state index in [1.54, 1.807) is 0 Å². The molecule has 0 spiro atoms. The van der Waals surface area contributed by atoms with Gasteiger partial charge in [-0.15, -0.1) is 0 Å². The highest BCUT2D eigenvalue weighted by molar-refractivity contribution is 6.54. The van der Waals surface area contributed by atoms with Gasteiger partial charge in [-0.1, -0.05) is 12.1 Å². The minimum absolute atomic E-state index is 0.198. The summed E-state index contributed by atoms with van der Waals surface area (Å²) in [6.07, 6.45) is 1.21. The molecule has 0 aliphatic rings. The van der Waals surface area contributed by atoms with Gasteiger partial charge < -0.3 is 4.74 Å². The molecule has 1 aromatic rings. The van der Waals surface area contributed by atoms with Gasteiger partial charge >= 0.3 is 4.52 Å². The number of ether oxygens (including phenoxy) is 1. The first kappa shape index (κ1) is 10.3. The first-order chi connectivity index (χ1) is 6.05. The molecule has 0 fully saturated rings. The predicted molar refractivity (Wildman–Crippen MR) is 47.2 cm³/mol. The van der Waals surface area contributed by atoms with Crippen LogP contribution in [-0.4, -0.2) is 10.8 Å². The van der Waals surface area contributed by atoms with Crippen LogP contribution in [-0.2, 0) is 4.79 Å². The summed E-state index contributed by atoms with van der Waals surface area (Å²) in [5.74, 6) is -0.848. The molecule has 69 valence electrons. The molecule has 0 atom stereocenters. The molecule has 0 aliphatic carbocycles. The quantitative estimate of drug-likeness (QED) is 0.734. The first-order valence-corrected chi connectivity index (χ1v) is 4.01. The van der Waals surface area contributed by atoms with Crippen LogP contribution in [0.5, 0.6) is 5.75 Å². The second kappa shape index (κ2) is 3.94. The van der Waals surface area contributed by atoms with Crippen LogP contribution < -0.4 is 4.74 Å². The molecule has 0 aromatic heterocycles. The van der Waals surface area contributed by atoms with E-state index in [1.807, 2.05) is 0 Å². The van der Waals surface area contributed by atoms with Crippen LogP contribution in [0.2, 0.25) is 0 Å². The maximum Gasteiger partial charge on any atom is 0.326 e. The molecule has 0 unspecified atom stereocenters. The monoisotopic (exact) mass is 221 g/mol. The van der Waals surface area contributed by atoms with Crippen molar-refractivity contribution in [1.82, 2.24) is 0 Å². The zero-order chi connectivity index (χ0) is 9.90. The van der Waals surface area contributed by atoms with Gasteiger partial charge in [0.25, 0.3) is 6.29 Å². The Morgan fingerprint density at radius 2 is 2.00 bits per heavy atom. The van der Waals surface area contributed by atoms with E-state index in [-0.39, 0.29) is 5.75 Å². The average Bonchev–Trinajstić information content (AvgIpc) is 2.09. The molecule has 0 saturated carbocycles. The lowest BCUT2D eigenvalue weighted by molar-refractivity contribution is 0.283. The fraction of sp³-hybridized carbons (Fsp3) is 0.125. The second-order valence-electron chi connectivity index (χ2n) is 2.15. The van der Waals surface area contributed by atoms with Gasteiger partial charge in [0.05, 0.1) is 0 Å². The molecule has 0 saturated heterocycles. The summed E-state index contributed by atoms with van der Waals surface area (Å²) in [7, 11) is 0. The number of carbonyl (C=O) groups excluding carboxylic acids is 1. The van der Waals surface area contributed by atoms with Gasteiger partial charge in [-0.2, -0.15) is 0 Å². The summed E-state index contributed by atoms with van der Waals surface area (Å²) < 4.78 is 15.3. The first-order valence-electron chi connectivity index (χ1n) is 3.26. The summed E-state index contributed by atoms with van der Waals surface area (Å²) >= 11 is 10.6. The Labute approximate surface area is 84.2 Å². The average molecular weight is 222 g/mol. The Balaban J connectivity index is 2.86. The molecule has 0 heterocycles. The molecule has 0 amide bonds. The van der Waals surface area contributed by atoms with Crippen LogP contribution in [0, 0.1) is 5.82 Å². The van der Waals surface area contributed by atoms with E-state index < -0.39 is 10.3 Å². The Kier molecular flexibility index (Phi) is 3.12. The predicted octanol–water partition coefficient (Wildman–Crippen LogP) is 2.45. The SMILES string of the molecule is O=[C]C(Cl)(Cl)Oc1ccccc1F. The minimum Gasteiger partial charge on any atom is -0.448 e. The van der Waals surface area contributed by atoms with Gasteiger partial charge in [-0.05, 0) is 35.3 Å². The number of para-hydroxylation sites is 1. The van der Waals surface area contributed by atoms with Crippen molar-refractivity contribution < 1.29 is 13.9 Å². The zero-order valence-electron chi connectivity index (χ0n) is 6.26. The molecule has 0 bridgehead atoms. The third-order valence-corrected chi connectivity index (χ3v) is 1.50. The molecule has 1 radical (unpaired) electrons. The zero-order valence-corrected chi connectivity index (χ0v) is 7.77. The molecule has 1 aromatic carbocycles. The molecule has 2 nitrogen and oxygen atoms in total. The van der Waals surface area contributed by atoms with Crippen molar-refractivity contribution in [2.75, 3.05) is 0 Å². The highest BCUT2D eigenvalue weighted by atomic mass is 35.5. The van der Waals surface area contributed by atoms with Gasteiger partial charge in [0.1, 0.15) is 0 Å². The van der Waals surface area contributed by atoms with Crippen molar-refractivity contribution in [1.29, 1.82) is 0 Å². The number of benzene rings is 1. The lowest BCUT2D eigenvalue weighted by atomic mass is 10.3. The van der Waals surface area contributed by atoms with E-state index in [4.69, 9.17) is 23.2 Å². The Bertz CT molecular complexity index is 315. The summed E-state index contributed by atoms with van der Waals surface area (Å²) in [5.41, 5.74) is 0. The number of hydrogen-bond acceptors (Lipinski definition) is 2. The fourth-order valence-corrected chi connectivity index (χ4v) is 0.853. The van der Waals surface area contributed by atoms with Gasteiger partial charge in [0.15, 0.2) is 11.6 Å². The summed E-state index contributed by atoms with van der Waals surface area (Å²) in [4.78, 5) is 10.1. The summed E-state index contributed by atoms with van der Waals surface area (Å²) in [5, 5.41) is 0. The minimum atomic E-state index is -2.16. The molecular formula is C8H4Cl2FO2. The highest BCUT2D eigenvalue weighted by Gasteiger charge is 2.27. The van der Waals surface area contributed by atoms with Crippen molar-refractivity contribution >= 4 is 29.5 Å². The van der Waals surface area contributed by atoms with E-state index in [2.05, 4.69) is 4.74 Å². The Hall–Kier alpha value is -0.800. The Morgan fingerprint density at radius 3 is 2.54 bits per heavy atom. The number of rotatable bonds is 3. The van der Waals surface area contributed by atoms with Gasteiger partial charge in [0, 0.05) is 0 Å². The molecule has 0 aliphatic heterocycles. The fourth-order valence-electron chi connectivity index (χ4n) is 0.686. The standard InChI is InChI=1S/C8H4Cl2FO2/c9-8(10,5-12)13-7-4-2-1-3-6(7)11/h1-4H. The van der Waals surface area contributed by atoms with Crippen molar-refractivity contribution in [2.24, 2.45) is 0 Å². The lowest BCUT2D eigenvalue weighted by Gasteiger charge is -2.13. The molecule has 0 N–H and O–H groups in total. The Morgan fingerprint density at radius 1 is 1.38 bits per heavy atom. The van der Waals surface area contributed by atoms with Crippen molar-refractivity contribution in [3.8, 4) is 5.75 Å². The second-order valence-corrected chi connectivity index (χ2v) is 3.41. The van der Waals surface area contributed by atoms with E-state index in [1.165, 1.54) is 24.5 Å². The maximum absolute atomic E-state index is 12.9. The van der Waals surface area contributed by atoms with E-state index >= 15 is 0 Å². The molecule has 13 heavy (non-hydrogen) atoms. The smallest absolute Gasteiger partial charge is 0.326 e.